The summed E-state index contributed by atoms with van der Waals surface area (Å²) in [7, 11) is 0. The average molecular weight is 774 g/mol. The van der Waals surface area contributed by atoms with Crippen LogP contribution in [-0.4, -0.2) is 48.1 Å². The van der Waals surface area contributed by atoms with Gasteiger partial charge in [0.25, 0.3) is 0 Å². The second-order valence-corrected chi connectivity index (χ2v) is 8.76. The SMILES string of the molecule is Cc1cccc(/N=C/Nc2cccc(C)n2)n1.Cc1cccc(/N=C/Nc2cccc(C)n2)n1.ClCCl.O=[N+]([O-])[O-].O=[N+]([O-])[O-].[Cd+2]. The number of aryl methyl sites for hydroxylation is 4. The van der Waals surface area contributed by atoms with Crippen LogP contribution in [0.2, 0.25) is 0 Å². The quantitative estimate of drug-likeness (QED) is 0.0522. The van der Waals surface area contributed by atoms with E-state index in [0.29, 0.717) is 11.6 Å². The van der Waals surface area contributed by atoms with E-state index >= 15 is 0 Å². The molecule has 19 heteroatoms. The minimum atomic E-state index is -1.75. The molecule has 0 spiro atoms. The Morgan fingerprint density at radius 1 is 0.609 bits per heavy atom. The Morgan fingerprint density at radius 3 is 1.13 bits per heavy atom. The number of nitrogens with zero attached hydrogens (tertiary/aromatic N) is 8. The first-order valence-corrected chi connectivity index (χ1v) is 13.5. The normalized spacial score (nSPS) is 9.35. The van der Waals surface area contributed by atoms with E-state index < -0.39 is 10.2 Å². The van der Waals surface area contributed by atoms with Crippen molar-refractivity contribution in [3.8, 4) is 0 Å². The van der Waals surface area contributed by atoms with Crippen molar-refractivity contribution in [2.75, 3.05) is 16.0 Å². The maximum atomic E-state index is 8.25. The van der Waals surface area contributed by atoms with Crippen LogP contribution >= 0.6 is 23.2 Å². The van der Waals surface area contributed by atoms with Crippen LogP contribution in [-0.2, 0) is 27.3 Å². The van der Waals surface area contributed by atoms with Crippen molar-refractivity contribution in [2.24, 2.45) is 9.98 Å². The Bertz CT molecular complexity index is 1400. The summed E-state index contributed by atoms with van der Waals surface area (Å²) in [5.41, 5.74) is 3.84. The van der Waals surface area contributed by atoms with Gasteiger partial charge < -0.3 is 41.3 Å². The minimum absolute atomic E-state index is 0. The molecule has 0 radical (unpaired) electrons. The molecule has 0 amide bonds. The van der Waals surface area contributed by atoms with Crippen LogP contribution < -0.4 is 10.6 Å². The largest absolute Gasteiger partial charge is 2.00 e. The Hall–Kier alpha value is -4.56. The number of rotatable bonds is 6. The Labute approximate surface area is 295 Å². The summed E-state index contributed by atoms with van der Waals surface area (Å²) in [4.78, 5) is 42.0. The van der Waals surface area contributed by atoms with Gasteiger partial charge in [-0.15, -0.1) is 23.2 Å². The zero-order valence-electron chi connectivity index (χ0n) is 25.3. The molecule has 0 saturated carbocycles. The van der Waals surface area contributed by atoms with E-state index in [1.165, 1.54) is 0 Å². The molecule has 0 aliphatic heterocycles. The molecule has 46 heavy (non-hydrogen) atoms. The summed E-state index contributed by atoms with van der Waals surface area (Å²) in [6.07, 6.45) is 3.20. The van der Waals surface area contributed by atoms with Crippen LogP contribution in [0.3, 0.4) is 0 Å². The van der Waals surface area contributed by atoms with Crippen molar-refractivity contribution in [1.29, 1.82) is 0 Å². The van der Waals surface area contributed by atoms with Gasteiger partial charge in [-0.1, -0.05) is 24.3 Å². The maximum Gasteiger partial charge on any atom is 2.00 e. The number of aliphatic imine (C=N–C) groups is 2. The van der Waals surface area contributed by atoms with Crippen LogP contribution in [0.1, 0.15) is 22.8 Å². The fourth-order valence-electron chi connectivity index (χ4n) is 2.78. The molecule has 4 aromatic rings. The monoisotopic (exact) mass is 774 g/mol. The van der Waals surface area contributed by atoms with Crippen molar-refractivity contribution < 1.29 is 37.5 Å². The van der Waals surface area contributed by atoms with E-state index in [9.17, 15) is 0 Å². The van der Waals surface area contributed by atoms with E-state index in [4.69, 9.17) is 53.8 Å². The van der Waals surface area contributed by atoms with E-state index in [2.05, 4.69) is 40.6 Å². The standard InChI is InChI=1S/2C13H14N4.CH2Cl2.Cd.2NO3/c2*1-10-5-3-7-12(16-10)14-9-15-13-8-4-6-11(2)17-13;2-1-3;;2*2-1(3)4/h2*3-9H,1-2H3,(H,14,15,16,17);1H2;;;/q;;;+2;2*-1. The van der Waals surface area contributed by atoms with Crippen LogP contribution in [0.4, 0.5) is 23.3 Å². The third-order valence-electron chi connectivity index (χ3n) is 4.34. The summed E-state index contributed by atoms with van der Waals surface area (Å²) in [5, 5.41) is 35.7. The van der Waals surface area contributed by atoms with Crippen LogP contribution in [0.15, 0.2) is 82.8 Å². The number of alkyl halides is 2. The zero-order chi connectivity index (χ0) is 34.0. The second kappa shape index (κ2) is 26.8. The molecule has 4 rings (SSSR count). The van der Waals surface area contributed by atoms with Gasteiger partial charge in [-0.25, -0.2) is 29.9 Å². The number of halogens is 2. The summed E-state index contributed by atoms with van der Waals surface area (Å²) in [6, 6.07) is 23.0. The van der Waals surface area contributed by atoms with Crippen molar-refractivity contribution in [3.05, 3.63) is 126 Å². The number of nitrogens with one attached hydrogen (secondary N) is 2. The molecule has 0 aromatic carbocycles. The first-order valence-electron chi connectivity index (χ1n) is 12.4. The fraction of sp³-hybridized carbons (Fsp3) is 0.185. The van der Waals surface area contributed by atoms with Gasteiger partial charge in [0.05, 0.1) is 28.2 Å². The zero-order valence-corrected chi connectivity index (χ0v) is 30.8. The van der Waals surface area contributed by atoms with Gasteiger partial charge in [0, 0.05) is 22.8 Å². The van der Waals surface area contributed by atoms with Gasteiger partial charge in [0.2, 0.25) is 0 Å². The number of pyridine rings is 4. The first kappa shape index (κ1) is 43.6. The van der Waals surface area contributed by atoms with Crippen molar-refractivity contribution in [2.45, 2.75) is 27.7 Å². The molecule has 0 aliphatic rings. The molecule has 0 fully saturated rings. The Balaban J connectivity index is 0. The Kier molecular flexibility index (Phi) is 25.4. The summed E-state index contributed by atoms with van der Waals surface area (Å²) in [5.74, 6) is 2.93. The van der Waals surface area contributed by atoms with Crippen LogP contribution in [0.5, 0.6) is 0 Å². The van der Waals surface area contributed by atoms with Crippen LogP contribution in [0.25, 0.3) is 0 Å². The van der Waals surface area contributed by atoms with Gasteiger partial charge >= 0.3 is 27.3 Å². The molecule has 240 valence electrons. The molecule has 2 N–H and O–H groups in total. The molecule has 16 nitrogen and oxygen atoms in total. The molecule has 0 bridgehead atoms. The van der Waals surface area contributed by atoms with Gasteiger partial charge in [-0.3, -0.25) is 0 Å². The number of aromatic nitrogens is 4. The average Bonchev–Trinajstić information content (AvgIpc) is 2.94. The predicted octanol–water partition coefficient (Wildman–Crippen LogP) is 6.67. The summed E-state index contributed by atoms with van der Waals surface area (Å²) < 4.78 is 0. The first-order chi connectivity index (χ1) is 21.4. The predicted molar refractivity (Wildman–Crippen MR) is 177 cm³/mol. The summed E-state index contributed by atoms with van der Waals surface area (Å²) in [6.45, 7) is 7.78. The van der Waals surface area contributed by atoms with E-state index in [1.54, 1.807) is 12.7 Å². The number of hydrogen-bond acceptors (Lipinski definition) is 12. The Morgan fingerprint density at radius 2 is 0.870 bits per heavy atom. The van der Waals surface area contributed by atoms with E-state index in [-0.39, 0.29) is 32.6 Å². The molecular weight excluding hydrogens is 744 g/mol. The van der Waals surface area contributed by atoms with Gasteiger partial charge in [0.1, 0.15) is 11.6 Å². The number of hydrogen-bond donors (Lipinski definition) is 2. The van der Waals surface area contributed by atoms with Crippen LogP contribution in [0, 0.1) is 58.3 Å². The summed E-state index contributed by atoms with van der Waals surface area (Å²) >= 11 is 9.53. The molecule has 4 aromatic heterocycles. The van der Waals surface area contributed by atoms with Crippen molar-refractivity contribution in [1.82, 2.24) is 19.9 Å². The third kappa shape index (κ3) is 25.9. The minimum Gasteiger partial charge on any atom is -0.356 e. The number of anilines is 2. The van der Waals surface area contributed by atoms with Crippen molar-refractivity contribution in [3.63, 3.8) is 0 Å². The van der Waals surface area contributed by atoms with Gasteiger partial charge in [-0.2, -0.15) is 0 Å². The fourth-order valence-corrected chi connectivity index (χ4v) is 2.78. The molecule has 0 aliphatic carbocycles. The van der Waals surface area contributed by atoms with E-state index in [1.807, 2.05) is 100 Å². The van der Waals surface area contributed by atoms with Gasteiger partial charge in [-0.05, 0) is 76.2 Å². The second-order valence-electron chi connectivity index (χ2n) is 7.96. The molecule has 0 saturated heterocycles. The maximum absolute atomic E-state index is 8.25. The smallest absolute Gasteiger partial charge is 0.356 e. The van der Waals surface area contributed by atoms with E-state index in [0.717, 1.165) is 34.4 Å². The third-order valence-corrected chi connectivity index (χ3v) is 4.34. The molecular formula is C27H30CdCl2N10O6. The van der Waals surface area contributed by atoms with Gasteiger partial charge in [0.15, 0.2) is 11.6 Å². The van der Waals surface area contributed by atoms with Crippen molar-refractivity contribution >= 4 is 59.2 Å². The topological polar surface area (TPSA) is 233 Å². The molecule has 0 atom stereocenters. The molecule has 0 unspecified atom stereocenters. The molecule has 4 heterocycles.